The summed E-state index contributed by atoms with van der Waals surface area (Å²) in [4.78, 5) is 29.0. The lowest BCUT2D eigenvalue weighted by atomic mass is 9.97. The second-order valence-corrected chi connectivity index (χ2v) is 6.25. The molecule has 0 radical (unpaired) electrons. The van der Waals surface area contributed by atoms with Crippen LogP contribution in [0.2, 0.25) is 0 Å². The highest BCUT2D eigenvalue weighted by molar-refractivity contribution is 5.99. The maximum absolute atomic E-state index is 12.1. The number of nitrogens with two attached hydrogens (primary N) is 2. The number of primary amides is 1. The molecule has 0 saturated heterocycles. The van der Waals surface area contributed by atoms with E-state index in [1.165, 1.54) is 4.90 Å². The first-order valence-corrected chi connectivity index (χ1v) is 6.10. The summed E-state index contributed by atoms with van der Waals surface area (Å²) in [5.74, 6) is -0.262. The fourth-order valence-electron chi connectivity index (χ4n) is 2.56. The monoisotopic (exact) mass is 252 g/mol. The van der Waals surface area contributed by atoms with E-state index in [0.717, 1.165) is 0 Å². The summed E-state index contributed by atoms with van der Waals surface area (Å²) in [6, 6.07) is 0. The molecular formula is C12H20N4O2. The van der Waals surface area contributed by atoms with Crippen LogP contribution in [0.25, 0.3) is 0 Å². The SMILES string of the molecule is CC1(C)CC(=O)N(CC2(C)CC2C(N)=O)C(N)=N1. The smallest absolute Gasteiger partial charge is 0.231 e. The molecule has 2 rings (SSSR count). The Hall–Kier alpha value is -1.59. The Balaban J connectivity index is 2.12. The molecule has 0 aromatic carbocycles. The Bertz CT molecular complexity index is 443. The number of hydrogen-bond donors (Lipinski definition) is 2. The van der Waals surface area contributed by atoms with Gasteiger partial charge in [0, 0.05) is 12.5 Å². The minimum absolute atomic E-state index is 0.0381. The average molecular weight is 252 g/mol. The van der Waals surface area contributed by atoms with Crippen molar-refractivity contribution in [3.05, 3.63) is 0 Å². The highest BCUT2D eigenvalue weighted by atomic mass is 16.2. The topological polar surface area (TPSA) is 102 Å². The molecule has 2 atom stereocenters. The van der Waals surface area contributed by atoms with Gasteiger partial charge in [0.1, 0.15) is 0 Å². The van der Waals surface area contributed by atoms with Crippen LogP contribution in [0.1, 0.15) is 33.6 Å². The van der Waals surface area contributed by atoms with Gasteiger partial charge >= 0.3 is 0 Å². The van der Waals surface area contributed by atoms with Gasteiger partial charge < -0.3 is 11.5 Å². The lowest BCUT2D eigenvalue weighted by Gasteiger charge is -2.34. The van der Waals surface area contributed by atoms with Gasteiger partial charge in [-0.05, 0) is 25.7 Å². The minimum Gasteiger partial charge on any atom is -0.369 e. The maximum atomic E-state index is 12.1. The number of carbonyl (C=O) groups is 2. The molecule has 1 heterocycles. The maximum Gasteiger partial charge on any atom is 0.231 e. The van der Waals surface area contributed by atoms with Gasteiger partial charge in [0.05, 0.1) is 12.0 Å². The van der Waals surface area contributed by atoms with Gasteiger partial charge in [0.2, 0.25) is 11.8 Å². The molecule has 4 N–H and O–H groups in total. The number of aliphatic imine (C=N–C) groups is 1. The van der Waals surface area contributed by atoms with Crippen LogP contribution < -0.4 is 11.5 Å². The van der Waals surface area contributed by atoms with Crippen LogP contribution in [0.3, 0.4) is 0 Å². The molecule has 0 aromatic rings. The molecule has 1 aliphatic heterocycles. The Morgan fingerprint density at radius 3 is 2.56 bits per heavy atom. The highest BCUT2D eigenvalue weighted by Gasteiger charge is 2.55. The molecule has 6 nitrogen and oxygen atoms in total. The van der Waals surface area contributed by atoms with Gasteiger partial charge in [-0.25, -0.2) is 4.99 Å². The Morgan fingerprint density at radius 1 is 1.50 bits per heavy atom. The second kappa shape index (κ2) is 3.70. The average Bonchev–Trinajstić information content (AvgIpc) is 2.84. The zero-order valence-electron chi connectivity index (χ0n) is 11.1. The van der Waals surface area contributed by atoms with Crippen molar-refractivity contribution in [2.45, 2.75) is 39.2 Å². The van der Waals surface area contributed by atoms with E-state index >= 15 is 0 Å². The van der Waals surface area contributed by atoms with Crippen LogP contribution in [0.15, 0.2) is 4.99 Å². The molecule has 18 heavy (non-hydrogen) atoms. The van der Waals surface area contributed by atoms with Crippen LogP contribution in [0.4, 0.5) is 0 Å². The Labute approximate surface area is 106 Å². The third-order valence-electron chi connectivity index (χ3n) is 3.79. The standard InChI is InChI=1S/C12H20N4O2/c1-11(2)5-8(17)16(10(14)15-11)6-12(3)4-7(12)9(13)18/h7H,4-6H2,1-3H3,(H2,13,18)(H2,14,15). The van der Waals surface area contributed by atoms with Crippen LogP contribution in [-0.4, -0.2) is 34.8 Å². The van der Waals surface area contributed by atoms with Gasteiger partial charge in [-0.15, -0.1) is 0 Å². The van der Waals surface area contributed by atoms with Crippen LogP contribution in [0, 0.1) is 11.3 Å². The van der Waals surface area contributed by atoms with Gasteiger partial charge in [0.25, 0.3) is 0 Å². The molecule has 0 aromatic heterocycles. The predicted octanol–water partition coefficient (Wildman–Crippen LogP) is -0.176. The number of nitrogens with zero attached hydrogens (tertiary/aromatic N) is 2. The van der Waals surface area contributed by atoms with Crippen molar-refractivity contribution in [1.82, 2.24) is 4.90 Å². The first-order chi connectivity index (χ1) is 8.15. The van der Waals surface area contributed by atoms with E-state index in [1.807, 2.05) is 20.8 Å². The van der Waals surface area contributed by atoms with E-state index in [-0.39, 0.29) is 29.1 Å². The number of guanidine groups is 1. The van der Waals surface area contributed by atoms with Crippen molar-refractivity contribution in [2.75, 3.05) is 6.54 Å². The summed E-state index contributed by atoms with van der Waals surface area (Å²) in [6.45, 7) is 6.12. The van der Waals surface area contributed by atoms with Crippen molar-refractivity contribution in [3.63, 3.8) is 0 Å². The summed E-state index contributed by atoms with van der Waals surface area (Å²) in [5.41, 5.74) is 10.4. The molecule has 0 bridgehead atoms. The molecule has 1 aliphatic carbocycles. The van der Waals surface area contributed by atoms with Crippen molar-refractivity contribution < 1.29 is 9.59 Å². The first-order valence-electron chi connectivity index (χ1n) is 6.10. The van der Waals surface area contributed by atoms with Crippen molar-refractivity contribution in [1.29, 1.82) is 0 Å². The molecule has 1 saturated carbocycles. The largest absolute Gasteiger partial charge is 0.369 e. The van der Waals surface area contributed by atoms with Crippen molar-refractivity contribution in [2.24, 2.45) is 27.8 Å². The number of hydrogen-bond acceptors (Lipinski definition) is 4. The summed E-state index contributed by atoms with van der Waals surface area (Å²) in [6.07, 6.45) is 1.05. The van der Waals surface area contributed by atoms with Crippen LogP contribution in [0.5, 0.6) is 0 Å². The fraction of sp³-hybridized carbons (Fsp3) is 0.750. The minimum atomic E-state index is -0.439. The van der Waals surface area contributed by atoms with Crippen LogP contribution in [-0.2, 0) is 9.59 Å². The summed E-state index contributed by atoms with van der Waals surface area (Å²) >= 11 is 0. The summed E-state index contributed by atoms with van der Waals surface area (Å²) in [5, 5.41) is 0. The van der Waals surface area contributed by atoms with Crippen molar-refractivity contribution >= 4 is 17.8 Å². The quantitative estimate of drug-likeness (QED) is 0.728. The third kappa shape index (κ3) is 2.19. The van der Waals surface area contributed by atoms with E-state index in [2.05, 4.69) is 4.99 Å². The fourth-order valence-corrected chi connectivity index (χ4v) is 2.56. The van der Waals surface area contributed by atoms with E-state index in [9.17, 15) is 9.59 Å². The van der Waals surface area contributed by atoms with E-state index in [0.29, 0.717) is 19.4 Å². The van der Waals surface area contributed by atoms with Gasteiger partial charge in [0.15, 0.2) is 5.96 Å². The molecule has 6 heteroatoms. The van der Waals surface area contributed by atoms with E-state index in [4.69, 9.17) is 11.5 Å². The molecule has 2 amide bonds. The lowest BCUT2D eigenvalue weighted by molar-refractivity contribution is -0.130. The molecular weight excluding hydrogens is 232 g/mol. The zero-order chi connectivity index (χ0) is 13.7. The Kier molecular flexibility index (Phi) is 2.64. The summed E-state index contributed by atoms with van der Waals surface area (Å²) < 4.78 is 0. The van der Waals surface area contributed by atoms with E-state index in [1.54, 1.807) is 0 Å². The van der Waals surface area contributed by atoms with E-state index < -0.39 is 5.54 Å². The predicted molar refractivity (Wildman–Crippen MR) is 67.4 cm³/mol. The number of amides is 2. The number of carbonyl (C=O) groups excluding carboxylic acids is 2. The Morgan fingerprint density at radius 2 is 2.11 bits per heavy atom. The van der Waals surface area contributed by atoms with Crippen LogP contribution >= 0.6 is 0 Å². The van der Waals surface area contributed by atoms with Crippen molar-refractivity contribution in [3.8, 4) is 0 Å². The second-order valence-electron chi connectivity index (χ2n) is 6.25. The molecule has 2 unspecified atom stereocenters. The van der Waals surface area contributed by atoms with Gasteiger partial charge in [-0.3, -0.25) is 14.5 Å². The normalized spacial score (nSPS) is 34.2. The number of rotatable bonds is 3. The third-order valence-corrected chi connectivity index (χ3v) is 3.79. The lowest BCUT2D eigenvalue weighted by Crippen LogP contribution is -2.51. The van der Waals surface area contributed by atoms with Gasteiger partial charge in [-0.1, -0.05) is 6.92 Å². The first kappa shape index (κ1) is 12.9. The molecule has 0 spiro atoms. The van der Waals surface area contributed by atoms with Gasteiger partial charge in [-0.2, -0.15) is 0 Å². The summed E-state index contributed by atoms with van der Waals surface area (Å²) in [7, 11) is 0. The molecule has 2 aliphatic rings. The highest BCUT2D eigenvalue weighted by Crippen LogP contribution is 2.52. The zero-order valence-corrected chi connectivity index (χ0v) is 11.1. The molecule has 100 valence electrons. The molecule has 1 fully saturated rings.